The molecule has 0 amide bonds. The average Bonchev–Trinajstić information content (AvgIpc) is 3.20. The first kappa shape index (κ1) is 32.2. The number of benzene rings is 5. The molecule has 0 heterocycles. The predicted octanol–water partition coefficient (Wildman–Crippen LogP) is 8.77. The lowest BCUT2D eigenvalue weighted by Gasteiger charge is -2.37. The fourth-order valence-corrected chi connectivity index (χ4v) is 7.79. The van der Waals surface area contributed by atoms with Gasteiger partial charge >= 0.3 is 0 Å². The van der Waals surface area contributed by atoms with Crippen LogP contribution in [0, 0.1) is 11.7 Å². The van der Waals surface area contributed by atoms with Gasteiger partial charge in [0.15, 0.2) is 0 Å². The van der Waals surface area contributed by atoms with Crippen molar-refractivity contribution in [2.24, 2.45) is 11.0 Å². The van der Waals surface area contributed by atoms with Crippen LogP contribution in [-0.4, -0.2) is 25.3 Å². The van der Waals surface area contributed by atoms with Crippen molar-refractivity contribution in [2.45, 2.75) is 30.4 Å². The van der Waals surface area contributed by atoms with Crippen molar-refractivity contribution in [3.8, 4) is 0 Å². The molecule has 0 saturated carbocycles. The topological polar surface area (TPSA) is 112 Å². The fraction of sp³-hybridized carbons (Fsp3) is 0.211. The molecule has 0 spiro atoms. The summed E-state index contributed by atoms with van der Waals surface area (Å²) in [5.74, 6) is -2.31. The largest absolute Gasteiger partial charge is 0.361 e. The molecule has 1 aliphatic carbocycles. The van der Waals surface area contributed by atoms with E-state index in [0.29, 0.717) is 12.0 Å². The highest BCUT2D eigenvalue weighted by atomic mass is 32.2. The fourth-order valence-electron chi connectivity index (χ4n) is 6.96. The first-order chi connectivity index (χ1) is 22.8. The van der Waals surface area contributed by atoms with Crippen molar-refractivity contribution in [1.82, 2.24) is 0 Å². The lowest BCUT2D eigenvalue weighted by molar-refractivity contribution is -0.00764. The zero-order valence-corrected chi connectivity index (χ0v) is 26.4. The van der Waals surface area contributed by atoms with Gasteiger partial charge in [-0.1, -0.05) is 126 Å². The average molecular weight is 648 g/mol. The van der Waals surface area contributed by atoms with Gasteiger partial charge in [-0.15, -0.1) is 0 Å². The van der Waals surface area contributed by atoms with E-state index in [1.807, 2.05) is 115 Å². The number of ether oxygens (including phenoxy) is 1. The molecular formula is C38H34FN3O4S. The highest BCUT2D eigenvalue weighted by molar-refractivity contribution is 7.85. The highest BCUT2D eigenvalue weighted by Crippen LogP contribution is 2.46. The van der Waals surface area contributed by atoms with E-state index in [-0.39, 0.29) is 13.0 Å². The summed E-state index contributed by atoms with van der Waals surface area (Å²) in [6.45, 7) is -0.0733. The Hall–Kier alpha value is -4.79. The number of fused-ring (bicyclic) bond motifs is 2. The SMILES string of the molecule is [N-]=[N+]=N[C@@H]1c2cc(F)ccc2Cc2ccccc2[C@H]1C[C@H](COC(c1ccccc1)(c1ccccc1)c1ccccc1)CS(=O)(=O)O. The Morgan fingerprint density at radius 1 is 0.809 bits per heavy atom. The summed E-state index contributed by atoms with van der Waals surface area (Å²) in [5.41, 5.74) is 14.3. The second kappa shape index (κ2) is 13.9. The normalized spacial score (nSPS) is 16.6. The minimum absolute atomic E-state index is 0.0733. The molecule has 5 aromatic carbocycles. The van der Waals surface area contributed by atoms with Crippen molar-refractivity contribution in [2.75, 3.05) is 12.4 Å². The maximum atomic E-state index is 14.7. The minimum Gasteiger partial charge on any atom is -0.361 e. The van der Waals surface area contributed by atoms with Gasteiger partial charge in [-0.3, -0.25) is 4.55 Å². The van der Waals surface area contributed by atoms with E-state index in [9.17, 15) is 22.9 Å². The number of halogens is 1. The lowest BCUT2D eigenvalue weighted by atomic mass is 9.79. The summed E-state index contributed by atoms with van der Waals surface area (Å²) >= 11 is 0. The maximum Gasteiger partial charge on any atom is 0.265 e. The molecule has 1 N–H and O–H groups in total. The number of hydrogen-bond donors (Lipinski definition) is 1. The Bertz CT molecular complexity index is 1890. The Labute approximate surface area is 274 Å². The summed E-state index contributed by atoms with van der Waals surface area (Å²) < 4.78 is 56.9. The molecule has 7 nitrogen and oxygen atoms in total. The lowest BCUT2D eigenvalue weighted by Crippen LogP contribution is -2.36. The third-order valence-electron chi connectivity index (χ3n) is 8.93. The quantitative estimate of drug-likeness (QED) is 0.0508. The van der Waals surface area contributed by atoms with Crippen LogP contribution in [0.1, 0.15) is 57.3 Å². The van der Waals surface area contributed by atoms with Gasteiger partial charge < -0.3 is 4.74 Å². The molecule has 0 saturated heterocycles. The Morgan fingerprint density at radius 3 is 1.89 bits per heavy atom. The van der Waals surface area contributed by atoms with Crippen LogP contribution in [0.2, 0.25) is 0 Å². The van der Waals surface area contributed by atoms with Crippen molar-refractivity contribution in [1.29, 1.82) is 0 Å². The van der Waals surface area contributed by atoms with Crippen LogP contribution in [-0.2, 0) is 26.9 Å². The van der Waals surface area contributed by atoms with Gasteiger partial charge in [0.25, 0.3) is 10.1 Å². The van der Waals surface area contributed by atoms with Gasteiger partial charge in [0, 0.05) is 4.91 Å². The molecule has 0 aliphatic heterocycles. The van der Waals surface area contributed by atoms with Gasteiger partial charge in [-0.05, 0) is 81.3 Å². The Morgan fingerprint density at radius 2 is 1.34 bits per heavy atom. The van der Waals surface area contributed by atoms with Crippen LogP contribution >= 0.6 is 0 Å². The third kappa shape index (κ3) is 6.99. The Balaban J connectivity index is 1.46. The standard InChI is InChI=1S/C38H34FN3O4S/c39-33-21-20-29-23-28-12-10-11-19-34(28)36(37(41-42-40)35(29)24-33)22-27(26-47(43,44)45)25-46-38(30-13-4-1-5-14-30,31-15-6-2-7-16-31)32-17-8-3-9-18-32/h1-21,24,27,36-37H,22-23,25-26H2,(H,43,44,45)/t27-,36-,37-/m1/s1. The van der Waals surface area contributed by atoms with Crippen LogP contribution in [0.15, 0.2) is 139 Å². The first-order valence-corrected chi connectivity index (χ1v) is 17.1. The van der Waals surface area contributed by atoms with E-state index in [4.69, 9.17) is 4.74 Å². The van der Waals surface area contributed by atoms with Crippen LogP contribution in [0.3, 0.4) is 0 Å². The summed E-state index contributed by atoms with van der Waals surface area (Å²) in [6, 6.07) is 40.6. The molecule has 0 bridgehead atoms. The van der Waals surface area contributed by atoms with Crippen molar-refractivity contribution in [3.05, 3.63) is 189 Å². The highest BCUT2D eigenvalue weighted by Gasteiger charge is 2.40. The molecule has 6 rings (SSSR count). The van der Waals surface area contributed by atoms with E-state index in [2.05, 4.69) is 10.0 Å². The molecule has 9 heteroatoms. The molecule has 0 radical (unpaired) electrons. The first-order valence-electron chi connectivity index (χ1n) is 15.4. The summed E-state index contributed by atoms with van der Waals surface area (Å²) in [6.07, 6.45) is 0.670. The molecule has 0 unspecified atom stereocenters. The van der Waals surface area contributed by atoms with Crippen LogP contribution < -0.4 is 0 Å². The molecular weight excluding hydrogens is 614 g/mol. The van der Waals surface area contributed by atoms with Gasteiger partial charge in [-0.25, -0.2) is 4.39 Å². The number of nitrogens with zero attached hydrogens (tertiary/aromatic N) is 3. The zero-order valence-electron chi connectivity index (χ0n) is 25.6. The van der Waals surface area contributed by atoms with Crippen molar-refractivity contribution >= 4 is 10.1 Å². The maximum absolute atomic E-state index is 14.7. The van der Waals surface area contributed by atoms with Gasteiger partial charge in [0.05, 0.1) is 18.4 Å². The van der Waals surface area contributed by atoms with Crippen LogP contribution in [0.25, 0.3) is 10.4 Å². The van der Waals surface area contributed by atoms with Gasteiger partial charge in [-0.2, -0.15) is 8.42 Å². The third-order valence-corrected chi connectivity index (χ3v) is 9.82. The molecule has 5 aromatic rings. The van der Waals surface area contributed by atoms with E-state index in [0.717, 1.165) is 33.4 Å². The van der Waals surface area contributed by atoms with Crippen LogP contribution in [0.5, 0.6) is 0 Å². The molecule has 47 heavy (non-hydrogen) atoms. The zero-order chi connectivity index (χ0) is 32.9. The summed E-state index contributed by atoms with van der Waals surface area (Å²) in [4.78, 5) is 3.14. The summed E-state index contributed by atoms with van der Waals surface area (Å²) in [5, 5.41) is 4.17. The molecule has 0 aromatic heterocycles. The van der Waals surface area contributed by atoms with E-state index >= 15 is 0 Å². The predicted molar refractivity (Wildman–Crippen MR) is 180 cm³/mol. The van der Waals surface area contributed by atoms with Gasteiger partial charge in [0.1, 0.15) is 11.4 Å². The molecule has 1 aliphatic rings. The smallest absolute Gasteiger partial charge is 0.265 e. The van der Waals surface area contributed by atoms with Crippen molar-refractivity contribution < 1.29 is 22.1 Å². The number of hydrogen-bond acceptors (Lipinski definition) is 4. The minimum atomic E-state index is -4.46. The second-order valence-corrected chi connectivity index (χ2v) is 13.4. The Kier molecular flexibility index (Phi) is 9.52. The molecule has 238 valence electrons. The van der Waals surface area contributed by atoms with Gasteiger partial charge in [0.2, 0.25) is 0 Å². The van der Waals surface area contributed by atoms with E-state index in [1.54, 1.807) is 6.07 Å². The van der Waals surface area contributed by atoms with E-state index < -0.39 is 45.2 Å². The molecule has 3 atom stereocenters. The second-order valence-electron chi connectivity index (χ2n) is 11.9. The van der Waals surface area contributed by atoms with E-state index in [1.165, 1.54) is 12.1 Å². The van der Waals surface area contributed by atoms with Crippen molar-refractivity contribution in [3.63, 3.8) is 0 Å². The monoisotopic (exact) mass is 647 g/mol. The molecule has 0 fully saturated rings. The number of rotatable bonds is 11. The number of azide groups is 1. The van der Waals surface area contributed by atoms with Crippen LogP contribution in [0.4, 0.5) is 4.39 Å². The summed E-state index contributed by atoms with van der Waals surface area (Å²) in [7, 11) is -4.46.